The molecule has 2 atom stereocenters. The zero-order valence-electron chi connectivity index (χ0n) is 5.15. The Balaban J connectivity index is 2.86. The smallest absolute Gasteiger partial charge is 0.0194 e. The van der Waals surface area contributed by atoms with Gasteiger partial charge in [0.1, 0.15) is 0 Å². The molecule has 0 aliphatic carbocycles. The summed E-state index contributed by atoms with van der Waals surface area (Å²) in [5.41, 5.74) is 2.65. The first-order valence-corrected chi connectivity index (χ1v) is 3.28. The number of hydrogen-bond acceptors (Lipinski definition) is 3. The molecular formula is C4H14N3P. The molecule has 0 saturated heterocycles. The molecule has 50 valence electrons. The molecule has 2 unspecified atom stereocenters. The number of rotatable bonds is 4. The molecule has 4 N–H and O–H groups in total. The summed E-state index contributed by atoms with van der Waals surface area (Å²) >= 11 is 0. The van der Waals surface area contributed by atoms with E-state index in [4.69, 9.17) is 5.84 Å². The van der Waals surface area contributed by atoms with Crippen molar-refractivity contribution in [2.45, 2.75) is 19.4 Å². The predicted molar refractivity (Wildman–Crippen MR) is 39.1 cm³/mol. The van der Waals surface area contributed by atoms with Crippen LogP contribution in [0.3, 0.4) is 0 Å². The third-order valence-corrected chi connectivity index (χ3v) is 1.29. The fourth-order valence-corrected chi connectivity index (χ4v) is 0.550. The van der Waals surface area contributed by atoms with Gasteiger partial charge in [-0.25, -0.2) is 0 Å². The van der Waals surface area contributed by atoms with E-state index in [1.807, 2.05) is 6.92 Å². The molecule has 0 radical (unpaired) electrons. The molecule has 0 amide bonds. The highest BCUT2D eigenvalue weighted by atomic mass is 31.0. The van der Waals surface area contributed by atoms with E-state index in [1.165, 1.54) is 0 Å². The van der Waals surface area contributed by atoms with Crippen LogP contribution in [0.2, 0.25) is 0 Å². The Morgan fingerprint density at radius 1 is 1.75 bits per heavy atom. The van der Waals surface area contributed by atoms with Gasteiger partial charge in [0, 0.05) is 12.6 Å². The van der Waals surface area contributed by atoms with Gasteiger partial charge in [-0.05, 0) is 13.3 Å². The van der Waals surface area contributed by atoms with Crippen LogP contribution in [0.5, 0.6) is 0 Å². The van der Waals surface area contributed by atoms with E-state index in [0.29, 0.717) is 6.04 Å². The summed E-state index contributed by atoms with van der Waals surface area (Å²) in [6.45, 7) is 3.03. The normalized spacial score (nSPS) is 13.9. The van der Waals surface area contributed by atoms with Crippen molar-refractivity contribution in [2.75, 3.05) is 6.54 Å². The monoisotopic (exact) mass is 135 g/mol. The number of hydrogen-bond donors (Lipinski definition) is 3. The number of nitrogens with one attached hydrogen (secondary N) is 2. The van der Waals surface area contributed by atoms with Gasteiger partial charge < -0.3 is 5.09 Å². The molecule has 0 aliphatic heterocycles. The van der Waals surface area contributed by atoms with Crippen LogP contribution in [0.25, 0.3) is 0 Å². The SMILES string of the molecule is CC(CCNP)NN. The summed E-state index contributed by atoms with van der Waals surface area (Å²) in [6.07, 6.45) is 1.06. The van der Waals surface area contributed by atoms with Crippen LogP contribution < -0.4 is 16.4 Å². The third kappa shape index (κ3) is 4.47. The van der Waals surface area contributed by atoms with Crippen molar-refractivity contribution in [2.24, 2.45) is 5.84 Å². The van der Waals surface area contributed by atoms with Crippen LogP contribution in [-0.2, 0) is 0 Å². The van der Waals surface area contributed by atoms with Crippen LogP contribution >= 0.6 is 9.39 Å². The Kier molecular flexibility index (Phi) is 5.66. The van der Waals surface area contributed by atoms with Gasteiger partial charge in [0.05, 0.1) is 0 Å². The van der Waals surface area contributed by atoms with Gasteiger partial charge in [-0.15, -0.1) is 0 Å². The van der Waals surface area contributed by atoms with E-state index >= 15 is 0 Å². The van der Waals surface area contributed by atoms with Gasteiger partial charge in [-0.3, -0.25) is 11.3 Å². The number of hydrazine groups is 1. The highest BCUT2D eigenvalue weighted by Crippen LogP contribution is 1.85. The minimum Gasteiger partial charge on any atom is -0.301 e. The zero-order chi connectivity index (χ0) is 6.41. The van der Waals surface area contributed by atoms with E-state index in [0.717, 1.165) is 13.0 Å². The van der Waals surface area contributed by atoms with Crippen molar-refractivity contribution in [1.29, 1.82) is 0 Å². The van der Waals surface area contributed by atoms with Crippen molar-refractivity contribution >= 4 is 9.39 Å². The molecule has 0 aromatic heterocycles. The van der Waals surface area contributed by atoms with E-state index in [-0.39, 0.29) is 0 Å². The molecule has 0 spiro atoms. The minimum absolute atomic E-state index is 0.406. The quantitative estimate of drug-likeness (QED) is 0.279. The summed E-state index contributed by atoms with van der Waals surface area (Å²) in [6, 6.07) is 0.406. The highest BCUT2D eigenvalue weighted by molar-refractivity contribution is 7.13. The lowest BCUT2D eigenvalue weighted by Gasteiger charge is -2.07. The lowest BCUT2D eigenvalue weighted by Crippen LogP contribution is -2.33. The summed E-state index contributed by atoms with van der Waals surface area (Å²) in [7, 11) is 2.45. The predicted octanol–water partition coefficient (Wildman–Crippen LogP) is -0.392. The Bertz CT molecular complexity index is 50.5. The molecular weight excluding hydrogens is 121 g/mol. The Hall–Kier alpha value is 0.310. The highest BCUT2D eigenvalue weighted by Gasteiger charge is 1.93. The van der Waals surface area contributed by atoms with Gasteiger partial charge in [0.2, 0.25) is 0 Å². The molecule has 0 rings (SSSR count). The topological polar surface area (TPSA) is 50.1 Å². The maximum atomic E-state index is 5.13. The second kappa shape index (κ2) is 5.45. The average Bonchev–Trinajstić information content (AvgIpc) is 1.83. The average molecular weight is 135 g/mol. The summed E-state index contributed by atoms with van der Waals surface area (Å²) in [5, 5.41) is 2.95. The van der Waals surface area contributed by atoms with E-state index < -0.39 is 0 Å². The van der Waals surface area contributed by atoms with Gasteiger partial charge in [-0.1, -0.05) is 9.39 Å². The molecule has 0 aromatic carbocycles. The van der Waals surface area contributed by atoms with Crippen molar-refractivity contribution < 1.29 is 0 Å². The molecule has 0 aromatic rings. The van der Waals surface area contributed by atoms with Crippen LogP contribution in [-0.4, -0.2) is 12.6 Å². The van der Waals surface area contributed by atoms with Crippen LogP contribution in [0, 0.1) is 0 Å². The minimum atomic E-state index is 0.406. The summed E-state index contributed by atoms with van der Waals surface area (Å²) in [5.74, 6) is 5.13. The second-order valence-corrected chi connectivity index (χ2v) is 2.22. The Morgan fingerprint density at radius 3 is 2.75 bits per heavy atom. The van der Waals surface area contributed by atoms with Gasteiger partial charge in [-0.2, -0.15) is 0 Å². The fourth-order valence-electron chi connectivity index (χ4n) is 0.383. The van der Waals surface area contributed by atoms with Crippen LogP contribution in [0.1, 0.15) is 13.3 Å². The molecule has 3 nitrogen and oxygen atoms in total. The first-order valence-electron chi connectivity index (χ1n) is 2.71. The number of nitrogens with two attached hydrogens (primary N) is 1. The third-order valence-electron chi connectivity index (χ3n) is 1.01. The molecule has 0 saturated carbocycles. The van der Waals surface area contributed by atoms with Crippen molar-refractivity contribution in [3.8, 4) is 0 Å². The first kappa shape index (κ1) is 8.31. The van der Waals surface area contributed by atoms with Gasteiger partial charge in [0.15, 0.2) is 0 Å². The lowest BCUT2D eigenvalue weighted by molar-refractivity contribution is 0.532. The van der Waals surface area contributed by atoms with E-state index in [1.54, 1.807) is 0 Å². The zero-order valence-corrected chi connectivity index (χ0v) is 6.30. The van der Waals surface area contributed by atoms with Crippen LogP contribution in [0.15, 0.2) is 0 Å². The lowest BCUT2D eigenvalue weighted by atomic mass is 10.2. The molecule has 0 heterocycles. The molecule has 0 bridgehead atoms. The second-order valence-electron chi connectivity index (χ2n) is 1.81. The molecule has 0 fully saturated rings. The van der Waals surface area contributed by atoms with E-state index in [9.17, 15) is 0 Å². The Morgan fingerprint density at radius 2 is 2.38 bits per heavy atom. The van der Waals surface area contributed by atoms with Gasteiger partial charge >= 0.3 is 0 Å². The van der Waals surface area contributed by atoms with Crippen LogP contribution in [0.4, 0.5) is 0 Å². The summed E-state index contributed by atoms with van der Waals surface area (Å²) in [4.78, 5) is 0. The Labute approximate surface area is 52.6 Å². The largest absolute Gasteiger partial charge is 0.301 e. The first-order chi connectivity index (χ1) is 3.81. The fraction of sp³-hybridized carbons (Fsp3) is 1.00. The van der Waals surface area contributed by atoms with Gasteiger partial charge in [0.25, 0.3) is 0 Å². The molecule has 0 aliphatic rings. The maximum absolute atomic E-state index is 5.13. The molecule has 8 heavy (non-hydrogen) atoms. The van der Waals surface area contributed by atoms with Crippen molar-refractivity contribution in [1.82, 2.24) is 10.5 Å². The van der Waals surface area contributed by atoms with Crippen molar-refractivity contribution in [3.63, 3.8) is 0 Å². The summed E-state index contributed by atoms with van der Waals surface area (Å²) < 4.78 is 0. The molecule has 4 heteroatoms. The maximum Gasteiger partial charge on any atom is 0.0194 e. The van der Waals surface area contributed by atoms with E-state index in [2.05, 4.69) is 19.9 Å². The standard InChI is InChI=1S/C4H14N3P/c1-4(7-5)2-3-6-8/h4,6-7H,2-3,5,8H2,1H3. The van der Waals surface area contributed by atoms with Crippen molar-refractivity contribution in [3.05, 3.63) is 0 Å².